The third-order valence-corrected chi connectivity index (χ3v) is 2.19. The fraction of sp³-hybridized carbons (Fsp3) is 0.333. The normalized spacial score (nSPS) is 9.31. The summed E-state index contributed by atoms with van der Waals surface area (Å²) >= 11 is 0. The molecular formula is C12H15N3O. The molecule has 0 aromatic heterocycles. The first-order valence-electron chi connectivity index (χ1n) is 5.18. The molecule has 0 saturated carbocycles. The molecular weight excluding hydrogens is 202 g/mol. The van der Waals surface area contributed by atoms with Crippen molar-refractivity contribution in [2.75, 3.05) is 18.0 Å². The van der Waals surface area contributed by atoms with Gasteiger partial charge in [0.05, 0.1) is 6.07 Å². The Balaban J connectivity index is 2.82. The number of nitrogens with zero attached hydrogens (tertiary/aromatic N) is 2. The number of benzene rings is 1. The van der Waals surface area contributed by atoms with Gasteiger partial charge in [0, 0.05) is 12.2 Å². The van der Waals surface area contributed by atoms with E-state index in [-0.39, 0.29) is 12.6 Å². The monoisotopic (exact) mass is 217 g/mol. The SMILES string of the molecule is CCN(C(=O)NCC#N)c1cccc(C)c1. The van der Waals surface area contributed by atoms with Crippen molar-refractivity contribution >= 4 is 11.7 Å². The number of anilines is 1. The first-order chi connectivity index (χ1) is 7.69. The molecule has 0 saturated heterocycles. The molecule has 0 spiro atoms. The molecule has 0 aliphatic rings. The minimum atomic E-state index is -0.241. The molecule has 2 amide bonds. The van der Waals surface area contributed by atoms with Crippen LogP contribution in [0.25, 0.3) is 0 Å². The van der Waals surface area contributed by atoms with E-state index in [4.69, 9.17) is 5.26 Å². The molecule has 16 heavy (non-hydrogen) atoms. The lowest BCUT2D eigenvalue weighted by Crippen LogP contribution is -2.40. The second-order valence-electron chi connectivity index (χ2n) is 3.40. The molecule has 0 heterocycles. The molecule has 0 radical (unpaired) electrons. The van der Waals surface area contributed by atoms with Crippen molar-refractivity contribution in [1.82, 2.24) is 5.32 Å². The molecule has 0 unspecified atom stereocenters. The highest BCUT2D eigenvalue weighted by molar-refractivity contribution is 5.92. The van der Waals surface area contributed by atoms with Crippen molar-refractivity contribution in [2.45, 2.75) is 13.8 Å². The zero-order valence-electron chi connectivity index (χ0n) is 9.53. The fourth-order valence-electron chi connectivity index (χ4n) is 1.45. The third-order valence-electron chi connectivity index (χ3n) is 2.19. The van der Waals surface area contributed by atoms with Gasteiger partial charge in [0.2, 0.25) is 0 Å². The Labute approximate surface area is 95.5 Å². The molecule has 0 fully saturated rings. The number of urea groups is 1. The number of carbonyl (C=O) groups excluding carboxylic acids is 1. The number of nitrogens with one attached hydrogen (secondary N) is 1. The number of hydrogen-bond donors (Lipinski definition) is 1. The minimum absolute atomic E-state index is 0.0289. The summed E-state index contributed by atoms with van der Waals surface area (Å²) in [4.78, 5) is 13.3. The van der Waals surface area contributed by atoms with Gasteiger partial charge in [-0.3, -0.25) is 4.90 Å². The second-order valence-corrected chi connectivity index (χ2v) is 3.40. The predicted molar refractivity (Wildman–Crippen MR) is 63.2 cm³/mol. The lowest BCUT2D eigenvalue weighted by Gasteiger charge is -2.21. The van der Waals surface area contributed by atoms with Gasteiger partial charge in [0.15, 0.2) is 0 Å². The Hall–Kier alpha value is -2.02. The molecule has 1 aromatic carbocycles. The van der Waals surface area contributed by atoms with E-state index >= 15 is 0 Å². The molecule has 0 bridgehead atoms. The van der Waals surface area contributed by atoms with Crippen LogP contribution in [0.3, 0.4) is 0 Å². The van der Waals surface area contributed by atoms with E-state index in [1.807, 2.05) is 44.2 Å². The van der Waals surface area contributed by atoms with Crippen LogP contribution in [-0.4, -0.2) is 19.1 Å². The summed E-state index contributed by atoms with van der Waals surface area (Å²) in [6.07, 6.45) is 0. The van der Waals surface area contributed by atoms with Gasteiger partial charge >= 0.3 is 6.03 Å². The Morgan fingerprint density at radius 2 is 2.31 bits per heavy atom. The average Bonchev–Trinajstić information content (AvgIpc) is 2.27. The average molecular weight is 217 g/mol. The van der Waals surface area contributed by atoms with E-state index in [1.54, 1.807) is 4.90 Å². The topological polar surface area (TPSA) is 56.1 Å². The van der Waals surface area contributed by atoms with Crippen LogP contribution in [0, 0.1) is 18.3 Å². The summed E-state index contributed by atoms with van der Waals surface area (Å²) in [5.74, 6) is 0. The summed E-state index contributed by atoms with van der Waals surface area (Å²) < 4.78 is 0. The van der Waals surface area contributed by atoms with Crippen molar-refractivity contribution in [3.05, 3.63) is 29.8 Å². The standard InChI is InChI=1S/C12H15N3O/c1-3-15(12(16)14-8-7-13)11-6-4-5-10(2)9-11/h4-6,9H,3,8H2,1-2H3,(H,14,16). The van der Waals surface area contributed by atoms with Gasteiger partial charge in [-0.2, -0.15) is 5.26 Å². The quantitative estimate of drug-likeness (QED) is 0.788. The Kier molecular flexibility index (Phi) is 4.34. The van der Waals surface area contributed by atoms with E-state index in [0.29, 0.717) is 6.54 Å². The number of hydrogen-bond acceptors (Lipinski definition) is 2. The number of rotatable bonds is 3. The summed E-state index contributed by atoms with van der Waals surface area (Å²) in [7, 11) is 0. The molecule has 0 aliphatic carbocycles. The van der Waals surface area contributed by atoms with Crippen LogP contribution in [0.4, 0.5) is 10.5 Å². The highest BCUT2D eigenvalue weighted by atomic mass is 16.2. The lowest BCUT2D eigenvalue weighted by molar-refractivity contribution is 0.247. The molecule has 0 atom stereocenters. The summed E-state index contributed by atoms with van der Waals surface area (Å²) in [6, 6.07) is 9.34. The van der Waals surface area contributed by atoms with E-state index in [9.17, 15) is 4.79 Å². The second kappa shape index (κ2) is 5.76. The van der Waals surface area contributed by atoms with E-state index < -0.39 is 0 Å². The number of amides is 2. The lowest BCUT2D eigenvalue weighted by atomic mass is 10.2. The maximum absolute atomic E-state index is 11.7. The smallest absolute Gasteiger partial charge is 0.322 e. The van der Waals surface area contributed by atoms with Gasteiger partial charge in [0.25, 0.3) is 0 Å². The van der Waals surface area contributed by atoms with E-state index in [1.165, 1.54) is 0 Å². The third kappa shape index (κ3) is 2.99. The van der Waals surface area contributed by atoms with Crippen molar-refractivity contribution < 1.29 is 4.79 Å². The van der Waals surface area contributed by atoms with Crippen LogP contribution < -0.4 is 10.2 Å². The van der Waals surface area contributed by atoms with Gasteiger partial charge in [0.1, 0.15) is 6.54 Å². The van der Waals surface area contributed by atoms with Gasteiger partial charge in [-0.15, -0.1) is 0 Å². The molecule has 1 N–H and O–H groups in total. The zero-order valence-corrected chi connectivity index (χ0v) is 9.53. The van der Waals surface area contributed by atoms with Crippen LogP contribution in [-0.2, 0) is 0 Å². The van der Waals surface area contributed by atoms with Gasteiger partial charge in [-0.05, 0) is 31.5 Å². The van der Waals surface area contributed by atoms with Crippen LogP contribution in [0.1, 0.15) is 12.5 Å². The molecule has 1 rings (SSSR count). The van der Waals surface area contributed by atoms with Crippen LogP contribution in [0.5, 0.6) is 0 Å². The van der Waals surface area contributed by atoms with E-state index in [0.717, 1.165) is 11.3 Å². The molecule has 84 valence electrons. The Bertz CT molecular complexity index is 409. The van der Waals surface area contributed by atoms with Crippen molar-refractivity contribution in [3.8, 4) is 6.07 Å². The van der Waals surface area contributed by atoms with Crippen molar-refractivity contribution in [1.29, 1.82) is 5.26 Å². The molecule has 4 nitrogen and oxygen atoms in total. The van der Waals surface area contributed by atoms with Crippen LogP contribution >= 0.6 is 0 Å². The minimum Gasteiger partial charge on any atom is -0.325 e. The first-order valence-corrected chi connectivity index (χ1v) is 5.18. The predicted octanol–water partition coefficient (Wildman–Crippen LogP) is 2.05. The van der Waals surface area contributed by atoms with Gasteiger partial charge in [-0.25, -0.2) is 4.79 Å². The number of aryl methyl sites for hydroxylation is 1. The van der Waals surface area contributed by atoms with Gasteiger partial charge < -0.3 is 5.32 Å². The van der Waals surface area contributed by atoms with Crippen molar-refractivity contribution in [2.24, 2.45) is 0 Å². The summed E-state index contributed by atoms with van der Waals surface area (Å²) in [6.45, 7) is 4.47. The highest BCUT2D eigenvalue weighted by Gasteiger charge is 2.12. The zero-order chi connectivity index (χ0) is 12.0. The van der Waals surface area contributed by atoms with Crippen LogP contribution in [0.2, 0.25) is 0 Å². The Morgan fingerprint density at radius 3 is 2.88 bits per heavy atom. The Morgan fingerprint density at radius 1 is 1.56 bits per heavy atom. The molecule has 1 aromatic rings. The molecule has 0 aliphatic heterocycles. The molecule has 4 heteroatoms. The maximum atomic E-state index is 11.7. The van der Waals surface area contributed by atoms with Gasteiger partial charge in [-0.1, -0.05) is 12.1 Å². The van der Waals surface area contributed by atoms with Crippen molar-refractivity contribution in [3.63, 3.8) is 0 Å². The van der Waals surface area contributed by atoms with Crippen LogP contribution in [0.15, 0.2) is 24.3 Å². The van der Waals surface area contributed by atoms with E-state index in [2.05, 4.69) is 5.32 Å². The fourth-order valence-corrected chi connectivity index (χ4v) is 1.45. The summed E-state index contributed by atoms with van der Waals surface area (Å²) in [5, 5.41) is 10.9. The summed E-state index contributed by atoms with van der Waals surface area (Å²) in [5.41, 5.74) is 1.95. The highest BCUT2D eigenvalue weighted by Crippen LogP contribution is 2.15. The maximum Gasteiger partial charge on any atom is 0.322 e. The first kappa shape index (κ1) is 12.1. The number of carbonyl (C=O) groups is 1. The number of nitriles is 1. The largest absolute Gasteiger partial charge is 0.325 e.